The van der Waals surface area contributed by atoms with Gasteiger partial charge in [0.15, 0.2) is 0 Å². The van der Waals surface area contributed by atoms with E-state index >= 15 is 0 Å². The van der Waals surface area contributed by atoms with Crippen LogP contribution in [-0.2, 0) is 9.30 Å². The Morgan fingerprint density at radius 1 is 1.26 bits per heavy atom. The second kappa shape index (κ2) is 13.5. The van der Waals surface area contributed by atoms with Gasteiger partial charge >= 0.3 is 0 Å². The van der Waals surface area contributed by atoms with E-state index in [1.165, 1.54) is 0 Å². The highest BCUT2D eigenvalue weighted by Crippen LogP contribution is 2.51. The first-order chi connectivity index (χ1) is 16.6. The molecule has 194 valence electrons. The van der Waals surface area contributed by atoms with Gasteiger partial charge in [0, 0.05) is 30.1 Å². The Morgan fingerprint density at radius 2 is 1.91 bits per heavy atom. The van der Waals surface area contributed by atoms with Crippen LogP contribution in [0.5, 0.6) is 0 Å². The molecule has 0 spiro atoms. The van der Waals surface area contributed by atoms with Crippen LogP contribution in [0.3, 0.4) is 0 Å². The lowest BCUT2D eigenvalue weighted by atomic mass is 9.81. The zero-order chi connectivity index (χ0) is 26.1. The molecule has 2 N–H and O–H groups in total. The first kappa shape index (κ1) is 29.4. The van der Waals surface area contributed by atoms with Crippen LogP contribution in [0.25, 0.3) is 0 Å². The molecule has 1 atom stereocenters. The van der Waals surface area contributed by atoms with Gasteiger partial charge in [0.05, 0.1) is 5.71 Å². The third kappa shape index (κ3) is 8.36. The van der Waals surface area contributed by atoms with Crippen LogP contribution < -0.4 is 5.73 Å². The molecule has 0 aromatic rings. The lowest BCUT2D eigenvalue weighted by molar-refractivity contribution is 0.163. The molecule has 1 unspecified atom stereocenters. The van der Waals surface area contributed by atoms with Crippen LogP contribution in [-0.4, -0.2) is 41.9 Å². The highest BCUT2D eigenvalue weighted by molar-refractivity contribution is 7.62. The summed E-state index contributed by atoms with van der Waals surface area (Å²) in [6.45, 7) is 10.3. The third-order valence-electron chi connectivity index (χ3n) is 6.56. The average molecular weight is 521 g/mol. The number of ether oxygens (including phenoxy) is 1. The van der Waals surface area contributed by atoms with Gasteiger partial charge < -0.3 is 10.5 Å². The molecule has 0 amide bonds. The summed E-state index contributed by atoms with van der Waals surface area (Å²) in [5, 5.41) is 0. The van der Waals surface area contributed by atoms with Crippen molar-refractivity contribution in [2.75, 3.05) is 18.9 Å². The molecule has 0 aromatic carbocycles. The Kier molecular flexibility index (Phi) is 11.3. The topological polar surface area (TPSA) is 106 Å². The summed E-state index contributed by atoms with van der Waals surface area (Å²) in [6, 6.07) is 0. The molecule has 35 heavy (non-hydrogen) atoms. The lowest BCUT2D eigenvalue weighted by Gasteiger charge is -2.34. The standard InChI is InChI=1S/C26H42N4O3P2/c1-6-17-35(32,30-31)18-21-13-11-20(12-14-21)9-8-10-22(15-16-34)24-26(4,5)33-25(28-7-2)23(29-24)19(3)27/h8,10,15-16,20-21,34H,6-7,9,11-14,17-18,27H2,1-5H3/b10-8-,22-15+,23-19-,28-25+/t20-,21-,35?. The monoisotopic (exact) mass is 520 g/mol. The van der Waals surface area contributed by atoms with E-state index in [9.17, 15) is 9.47 Å². The maximum atomic E-state index is 12.6. The van der Waals surface area contributed by atoms with Crippen molar-refractivity contribution < 1.29 is 9.30 Å². The fraction of sp³-hybridized carbons (Fsp3) is 0.654. The third-order valence-corrected chi connectivity index (χ3v) is 9.26. The molecule has 1 aliphatic heterocycles. The zero-order valence-electron chi connectivity index (χ0n) is 21.9. The van der Waals surface area contributed by atoms with E-state index in [4.69, 9.17) is 15.5 Å². The summed E-state index contributed by atoms with van der Waals surface area (Å²) in [5.74, 6) is 3.22. The second-order valence-corrected chi connectivity index (χ2v) is 13.0. The van der Waals surface area contributed by atoms with Crippen LogP contribution in [0.2, 0.25) is 0 Å². The summed E-state index contributed by atoms with van der Waals surface area (Å²) < 4.78 is 18.8. The minimum Gasteiger partial charge on any atom is -0.464 e. The Bertz CT molecular complexity index is 967. The van der Waals surface area contributed by atoms with Gasteiger partial charge in [-0.05, 0) is 94.9 Å². The summed E-state index contributed by atoms with van der Waals surface area (Å²) in [6.07, 6.45) is 13.1. The number of allylic oxidation sites excluding steroid dienone is 4. The van der Waals surface area contributed by atoms with E-state index in [1.807, 2.05) is 39.6 Å². The van der Waals surface area contributed by atoms with E-state index in [0.717, 1.165) is 49.8 Å². The summed E-state index contributed by atoms with van der Waals surface area (Å²) >= 11 is 0. The maximum absolute atomic E-state index is 12.6. The molecule has 7 nitrogen and oxygen atoms in total. The highest BCUT2D eigenvalue weighted by atomic mass is 31.2. The summed E-state index contributed by atoms with van der Waals surface area (Å²) in [7, 11) is 0.573. The van der Waals surface area contributed by atoms with Crippen LogP contribution in [0.1, 0.15) is 73.1 Å². The fourth-order valence-electron chi connectivity index (χ4n) is 4.81. The number of nitrogens with zero attached hydrogens (tertiary/aromatic N) is 3. The second-order valence-electron chi connectivity index (χ2n) is 10.0. The normalized spacial score (nSPS) is 27.2. The quantitative estimate of drug-likeness (QED) is 0.181. The van der Waals surface area contributed by atoms with Gasteiger partial charge in [0.1, 0.15) is 11.3 Å². The lowest BCUT2D eigenvalue weighted by Crippen LogP contribution is -2.42. The Balaban J connectivity index is 2.09. The van der Waals surface area contributed by atoms with Gasteiger partial charge in [-0.25, -0.2) is 4.99 Å². The molecule has 0 bridgehead atoms. The molecule has 9 heteroatoms. The molecule has 0 radical (unpaired) electrons. The zero-order valence-corrected chi connectivity index (χ0v) is 23.8. The molecule has 0 saturated heterocycles. The van der Waals surface area contributed by atoms with Crippen LogP contribution in [0.4, 0.5) is 0 Å². The SMILES string of the molecule is CCCP(=O)(C[C@H]1CC[C@H](C/C=C\C(=C/C=P)C2=NC(=C(/C)N)/C(=N\CC)OC2(C)C)CC1)N=O. The molecular weight excluding hydrogens is 478 g/mol. The number of aliphatic imine (C=N–C) groups is 2. The highest BCUT2D eigenvalue weighted by Gasteiger charge is 2.36. The Labute approximate surface area is 213 Å². The maximum Gasteiger partial charge on any atom is 0.238 e. The average Bonchev–Trinajstić information content (AvgIpc) is 2.79. The molecule has 1 saturated carbocycles. The van der Waals surface area contributed by atoms with E-state index in [1.54, 1.807) is 6.92 Å². The summed E-state index contributed by atoms with van der Waals surface area (Å²) in [5.41, 5.74) is 8.35. The number of rotatable bonds is 11. The van der Waals surface area contributed by atoms with Gasteiger partial charge in [-0.1, -0.05) is 19.1 Å². The van der Waals surface area contributed by atoms with Gasteiger partial charge in [-0.3, -0.25) is 9.56 Å². The van der Waals surface area contributed by atoms with Gasteiger partial charge in [-0.2, -0.15) is 0 Å². The first-order valence-corrected chi connectivity index (χ1v) is 15.3. The van der Waals surface area contributed by atoms with E-state index in [0.29, 0.717) is 48.0 Å². The largest absolute Gasteiger partial charge is 0.464 e. The molecule has 1 fully saturated rings. The van der Waals surface area contributed by atoms with Crippen molar-refractivity contribution >= 4 is 33.6 Å². The number of nitroso groups, excluding NO2 is 1. The van der Waals surface area contributed by atoms with Crippen molar-refractivity contribution in [1.29, 1.82) is 0 Å². The molecule has 2 aliphatic rings. The van der Waals surface area contributed by atoms with Gasteiger partial charge in [-0.15, -0.1) is 13.8 Å². The minimum absolute atomic E-state index is 0.349. The molecular formula is C26H42N4O3P2. The minimum atomic E-state index is -2.89. The predicted octanol–water partition coefficient (Wildman–Crippen LogP) is 6.92. The van der Waals surface area contributed by atoms with Gasteiger partial charge in [0.25, 0.3) is 0 Å². The van der Waals surface area contributed by atoms with Crippen molar-refractivity contribution in [1.82, 2.24) is 0 Å². The van der Waals surface area contributed by atoms with Crippen molar-refractivity contribution in [2.24, 2.45) is 32.5 Å². The van der Waals surface area contributed by atoms with Crippen LogP contribution >= 0.6 is 16.2 Å². The predicted molar refractivity (Wildman–Crippen MR) is 153 cm³/mol. The van der Waals surface area contributed by atoms with Crippen molar-refractivity contribution in [3.63, 3.8) is 0 Å². The van der Waals surface area contributed by atoms with Gasteiger partial charge in [0.2, 0.25) is 13.2 Å². The van der Waals surface area contributed by atoms with Crippen LogP contribution in [0.15, 0.2) is 50.1 Å². The van der Waals surface area contributed by atoms with E-state index in [-0.39, 0.29) is 0 Å². The first-order valence-electron chi connectivity index (χ1n) is 12.7. The molecule has 1 heterocycles. The Hall–Kier alpha value is -1.84. The fourth-order valence-corrected chi connectivity index (χ4v) is 7.19. The number of hydrogen-bond donors (Lipinski definition) is 1. The molecule has 1 aliphatic carbocycles. The number of hydrogen-bond acceptors (Lipinski definition) is 6. The smallest absolute Gasteiger partial charge is 0.238 e. The van der Waals surface area contributed by atoms with E-state index in [2.05, 4.69) is 31.0 Å². The van der Waals surface area contributed by atoms with Crippen LogP contribution in [0, 0.1) is 16.7 Å². The summed E-state index contributed by atoms with van der Waals surface area (Å²) in [4.78, 5) is 23.5. The van der Waals surface area contributed by atoms with E-state index < -0.39 is 12.9 Å². The molecule has 0 aromatic heterocycles. The van der Waals surface area contributed by atoms with Crippen molar-refractivity contribution in [3.05, 3.63) is 40.1 Å². The molecule has 2 rings (SSSR count). The Morgan fingerprint density at radius 3 is 2.46 bits per heavy atom. The number of nitrogens with two attached hydrogens (primary N) is 1. The van der Waals surface area contributed by atoms with Crippen molar-refractivity contribution in [2.45, 2.75) is 78.7 Å². The van der Waals surface area contributed by atoms with Crippen molar-refractivity contribution in [3.8, 4) is 0 Å².